The monoisotopic (exact) mass is 908 g/mol. The summed E-state index contributed by atoms with van der Waals surface area (Å²) < 4.78 is 128. The zero-order chi connectivity index (χ0) is 46.4. The zero-order valence-corrected chi connectivity index (χ0v) is 36.6. The van der Waals surface area contributed by atoms with Gasteiger partial charge in [0, 0.05) is 12.5 Å². The minimum absolute atomic E-state index is 0.000719. The SMILES string of the molecule is CCC[C@@H](C)C[C@@H](CC)[C@H](NC(=O)OC(C)(C)C(F)(F)F)C(=O)N1C[C@H](Oc2nc3cc(OC)ccc3nc2C(F)(F)F)C[C@H]1C(=O)N[C@]1(C(=O)NS(=O)(=O)C2(C)CC2)C[C@H]1C. The van der Waals surface area contributed by atoms with Gasteiger partial charge in [-0.05, 0) is 76.3 Å². The molecule has 1 aliphatic heterocycles. The number of halogens is 6. The van der Waals surface area contributed by atoms with Crippen LogP contribution in [0.4, 0.5) is 31.1 Å². The smallest absolute Gasteiger partial charge is 0.438 e. The number of likely N-dealkylation sites (tertiary alicyclic amines) is 1. The molecule has 2 heterocycles. The standard InChI is InChI=1S/C40H54F6N6O9S/c1-9-11-21(3)16-23(10-2)29(49-35(56)61-36(5,6)40(44,45)46)33(54)52-20-25(60-32-30(39(41,42)43)47-26-13-12-24(59-8)17-27(26)48-32)18-28(52)31(53)50-38(19-22(38)4)34(55)51-62(57,58)37(7)14-15-37/h12-13,17,21-23,25,28-29H,9-11,14-16,18-20H2,1-8H3,(H,49,56)(H,50,53)(H,51,55)/t21-,22-,23-,25-,28+,29+,38-/m1/s1. The molecular weight excluding hydrogens is 855 g/mol. The van der Waals surface area contributed by atoms with E-state index >= 15 is 0 Å². The Balaban J connectivity index is 1.54. The van der Waals surface area contributed by atoms with Crippen LogP contribution in [0.1, 0.15) is 106 Å². The summed E-state index contributed by atoms with van der Waals surface area (Å²) in [5.41, 5.74) is -6.45. The van der Waals surface area contributed by atoms with Gasteiger partial charge in [0.05, 0.1) is 29.4 Å². The number of benzene rings is 1. The fourth-order valence-corrected chi connectivity index (χ4v) is 8.98. The quantitative estimate of drug-likeness (QED) is 0.153. The normalized spacial score (nSPS) is 23.8. The van der Waals surface area contributed by atoms with Crippen molar-refractivity contribution in [3.63, 3.8) is 0 Å². The van der Waals surface area contributed by atoms with Gasteiger partial charge in [-0.1, -0.05) is 47.0 Å². The topological polar surface area (TPSA) is 195 Å². The fourth-order valence-electron chi connectivity index (χ4n) is 7.67. The average molecular weight is 909 g/mol. The van der Waals surface area contributed by atoms with Crippen LogP contribution in [0, 0.1) is 17.8 Å². The second-order valence-corrected chi connectivity index (χ2v) is 19.7. The summed E-state index contributed by atoms with van der Waals surface area (Å²) in [7, 11) is -2.82. The molecule has 62 heavy (non-hydrogen) atoms. The lowest BCUT2D eigenvalue weighted by atomic mass is 9.85. The van der Waals surface area contributed by atoms with E-state index in [4.69, 9.17) is 14.2 Å². The Bertz CT molecular complexity index is 2150. The van der Waals surface area contributed by atoms with E-state index in [0.717, 1.165) is 11.3 Å². The van der Waals surface area contributed by atoms with E-state index in [0.29, 0.717) is 33.1 Å². The Labute approximate surface area is 355 Å². The lowest BCUT2D eigenvalue weighted by Gasteiger charge is -2.35. The number of aromatic nitrogens is 2. The molecule has 0 radical (unpaired) electrons. The van der Waals surface area contributed by atoms with Crippen LogP contribution in [-0.2, 0) is 35.3 Å². The van der Waals surface area contributed by atoms with Gasteiger partial charge < -0.3 is 29.7 Å². The Kier molecular flexibility index (Phi) is 13.7. The van der Waals surface area contributed by atoms with Gasteiger partial charge in [-0.25, -0.2) is 23.2 Å². The maximum absolute atomic E-state index is 14.9. The highest BCUT2D eigenvalue weighted by molar-refractivity contribution is 7.91. The van der Waals surface area contributed by atoms with Crippen molar-refractivity contribution in [1.29, 1.82) is 0 Å². The van der Waals surface area contributed by atoms with Crippen LogP contribution in [0.5, 0.6) is 11.6 Å². The van der Waals surface area contributed by atoms with Crippen molar-refractivity contribution >= 4 is 44.9 Å². The summed E-state index contributed by atoms with van der Waals surface area (Å²) in [6.45, 7) is 9.19. The molecule has 4 amide bonds. The first kappa shape index (κ1) is 48.4. The molecule has 2 saturated carbocycles. The number of nitrogens with zero attached hydrogens (tertiary/aromatic N) is 3. The Morgan fingerprint density at radius 1 is 1.03 bits per heavy atom. The van der Waals surface area contributed by atoms with E-state index in [1.165, 1.54) is 32.2 Å². The van der Waals surface area contributed by atoms with Gasteiger partial charge in [-0.2, -0.15) is 26.3 Å². The molecule has 346 valence electrons. The van der Waals surface area contributed by atoms with Gasteiger partial charge in [0.1, 0.15) is 29.5 Å². The number of hydrogen-bond donors (Lipinski definition) is 3. The van der Waals surface area contributed by atoms with Crippen molar-refractivity contribution in [2.45, 2.75) is 146 Å². The van der Waals surface area contributed by atoms with Crippen molar-refractivity contribution in [2.75, 3.05) is 13.7 Å². The van der Waals surface area contributed by atoms with Gasteiger partial charge in [0.2, 0.25) is 39.0 Å². The first-order chi connectivity index (χ1) is 28.6. The predicted molar refractivity (Wildman–Crippen MR) is 211 cm³/mol. The van der Waals surface area contributed by atoms with Crippen molar-refractivity contribution in [2.24, 2.45) is 17.8 Å². The molecule has 1 saturated heterocycles. The van der Waals surface area contributed by atoms with Gasteiger partial charge in [-0.3, -0.25) is 19.1 Å². The van der Waals surface area contributed by atoms with Crippen LogP contribution < -0.4 is 24.8 Å². The van der Waals surface area contributed by atoms with E-state index in [9.17, 15) is 53.9 Å². The number of carbonyl (C=O) groups is 4. The van der Waals surface area contributed by atoms with E-state index in [1.54, 1.807) is 13.8 Å². The van der Waals surface area contributed by atoms with E-state index in [1.807, 2.05) is 13.8 Å². The minimum Gasteiger partial charge on any atom is -0.497 e. The predicted octanol–water partition coefficient (Wildman–Crippen LogP) is 6.19. The molecule has 5 rings (SSSR count). The number of alkyl carbamates (subject to hydrolysis) is 1. The fraction of sp³-hybridized carbons (Fsp3) is 0.700. The van der Waals surface area contributed by atoms with Gasteiger partial charge in [0.25, 0.3) is 5.91 Å². The Morgan fingerprint density at radius 3 is 2.21 bits per heavy atom. The number of fused-ring (bicyclic) bond motifs is 1. The number of nitrogens with one attached hydrogen (secondary N) is 3. The summed E-state index contributed by atoms with van der Waals surface area (Å²) in [4.78, 5) is 64.8. The minimum atomic E-state index is -5.09. The zero-order valence-electron chi connectivity index (χ0n) is 35.8. The van der Waals surface area contributed by atoms with Crippen molar-refractivity contribution in [3.05, 3.63) is 23.9 Å². The number of alkyl halides is 6. The summed E-state index contributed by atoms with van der Waals surface area (Å²) in [6.07, 6.45) is -11.1. The number of carbonyl (C=O) groups excluding carboxylic acids is 4. The third-order valence-electron chi connectivity index (χ3n) is 12.2. The summed E-state index contributed by atoms with van der Waals surface area (Å²) in [5.74, 6) is -5.15. The highest BCUT2D eigenvalue weighted by atomic mass is 32.2. The maximum Gasteiger partial charge on any atom is 0.438 e. The number of ether oxygens (including phenoxy) is 3. The molecular formula is C40H54F6N6O9S. The molecule has 2 aromatic rings. The molecule has 7 atom stereocenters. The third-order valence-corrected chi connectivity index (χ3v) is 14.3. The number of methoxy groups -OCH3 is 1. The van der Waals surface area contributed by atoms with E-state index < -0.39 is 117 Å². The van der Waals surface area contributed by atoms with Gasteiger partial charge in [-0.15, -0.1) is 0 Å². The highest BCUT2D eigenvalue weighted by Gasteiger charge is 2.62. The molecule has 22 heteroatoms. The first-order valence-electron chi connectivity index (χ1n) is 20.5. The van der Waals surface area contributed by atoms with Gasteiger partial charge in [0.15, 0.2) is 0 Å². The molecule has 3 aliphatic rings. The highest BCUT2D eigenvalue weighted by Crippen LogP contribution is 2.46. The lowest BCUT2D eigenvalue weighted by molar-refractivity contribution is -0.244. The molecule has 3 N–H and O–H groups in total. The Hall–Kier alpha value is -4.63. The molecule has 15 nitrogen and oxygen atoms in total. The molecule has 0 spiro atoms. The lowest BCUT2D eigenvalue weighted by Crippen LogP contribution is -2.60. The second kappa shape index (κ2) is 17.5. The van der Waals surface area contributed by atoms with Crippen LogP contribution in [0.25, 0.3) is 11.0 Å². The maximum atomic E-state index is 14.9. The molecule has 0 bridgehead atoms. The van der Waals surface area contributed by atoms with E-state index in [-0.39, 0.29) is 42.0 Å². The van der Waals surface area contributed by atoms with Crippen LogP contribution in [0.3, 0.4) is 0 Å². The molecule has 0 unspecified atom stereocenters. The van der Waals surface area contributed by atoms with Gasteiger partial charge >= 0.3 is 18.4 Å². The number of hydrogen-bond acceptors (Lipinski definition) is 11. The van der Waals surface area contributed by atoms with Crippen molar-refractivity contribution < 1.29 is 68.1 Å². The van der Waals surface area contributed by atoms with Crippen molar-refractivity contribution in [3.8, 4) is 11.6 Å². The molecule has 1 aromatic carbocycles. The molecule has 2 aliphatic carbocycles. The number of sulfonamides is 1. The van der Waals surface area contributed by atoms with Crippen LogP contribution >= 0.6 is 0 Å². The molecule has 1 aromatic heterocycles. The summed E-state index contributed by atoms with van der Waals surface area (Å²) in [6, 6.07) is 0.721. The first-order valence-corrected chi connectivity index (χ1v) is 21.9. The largest absolute Gasteiger partial charge is 0.497 e. The van der Waals surface area contributed by atoms with Crippen LogP contribution in [0.15, 0.2) is 18.2 Å². The van der Waals surface area contributed by atoms with E-state index in [2.05, 4.69) is 25.3 Å². The molecule has 3 fully saturated rings. The average Bonchev–Trinajstić information content (AvgIpc) is 4.03. The second-order valence-electron chi connectivity index (χ2n) is 17.5. The Morgan fingerprint density at radius 2 is 1.68 bits per heavy atom. The third kappa shape index (κ3) is 10.2. The summed E-state index contributed by atoms with van der Waals surface area (Å²) in [5, 5.41) is 4.89. The van der Waals surface area contributed by atoms with Crippen LogP contribution in [0.2, 0.25) is 0 Å². The number of amides is 4. The number of rotatable bonds is 17. The van der Waals surface area contributed by atoms with Crippen LogP contribution in [-0.4, -0.2) is 101 Å². The van der Waals surface area contributed by atoms with Crippen molar-refractivity contribution in [1.82, 2.24) is 30.2 Å². The summed E-state index contributed by atoms with van der Waals surface area (Å²) >= 11 is 0.